The van der Waals surface area contributed by atoms with Gasteiger partial charge < -0.3 is 14.8 Å². The first kappa shape index (κ1) is 16.2. The summed E-state index contributed by atoms with van der Waals surface area (Å²) in [5, 5.41) is 12.6. The number of nitrogens with one attached hydrogen (secondary N) is 1. The fourth-order valence-electron chi connectivity index (χ4n) is 2.19. The van der Waals surface area contributed by atoms with Crippen molar-refractivity contribution in [2.24, 2.45) is 0 Å². The molecule has 3 nitrogen and oxygen atoms in total. The Morgan fingerprint density at radius 2 is 1.94 bits per heavy atom. The van der Waals surface area contributed by atoms with Crippen LogP contribution in [0.15, 0.2) is 0 Å². The molecule has 0 radical (unpaired) electrons. The van der Waals surface area contributed by atoms with E-state index in [-0.39, 0.29) is 0 Å². The van der Waals surface area contributed by atoms with E-state index in [0.717, 1.165) is 32.2 Å². The Labute approximate surface area is 113 Å². The zero-order chi connectivity index (χ0) is 13.8. The van der Waals surface area contributed by atoms with Crippen LogP contribution in [0.5, 0.6) is 0 Å². The van der Waals surface area contributed by atoms with Crippen molar-refractivity contribution >= 4 is 8.32 Å². The fraction of sp³-hybridized carbons (Fsp3) is 1.00. The van der Waals surface area contributed by atoms with E-state index in [9.17, 15) is 0 Å². The molecule has 0 spiro atoms. The van der Waals surface area contributed by atoms with Crippen molar-refractivity contribution in [1.82, 2.24) is 5.32 Å². The summed E-state index contributed by atoms with van der Waals surface area (Å²) in [5.41, 5.74) is 0. The van der Waals surface area contributed by atoms with Gasteiger partial charge in [-0.1, -0.05) is 20.8 Å². The molecule has 0 bridgehead atoms. The molecule has 1 aliphatic rings. The molecule has 0 aliphatic carbocycles. The molecular weight excluding hydrogens is 242 g/mol. The maximum absolute atomic E-state index is 8.79. The summed E-state index contributed by atoms with van der Waals surface area (Å²) in [6.07, 6.45) is 4.73. The second-order valence-corrected chi connectivity index (χ2v) is 11.8. The van der Waals surface area contributed by atoms with Gasteiger partial charge in [0.05, 0.1) is 6.10 Å². The van der Waals surface area contributed by atoms with Crippen molar-refractivity contribution in [2.45, 2.75) is 76.7 Å². The van der Waals surface area contributed by atoms with Crippen LogP contribution in [-0.2, 0) is 4.43 Å². The van der Waals surface area contributed by atoms with Gasteiger partial charge >= 0.3 is 0 Å². The minimum absolute atomic E-state index is 0.294. The minimum Gasteiger partial charge on any atom is -0.413 e. The Morgan fingerprint density at radius 3 is 2.50 bits per heavy atom. The maximum atomic E-state index is 8.79. The van der Waals surface area contributed by atoms with E-state index in [0.29, 0.717) is 23.8 Å². The highest BCUT2D eigenvalue weighted by atomic mass is 28.4. The van der Waals surface area contributed by atoms with Gasteiger partial charge in [-0.15, -0.1) is 0 Å². The molecule has 18 heavy (non-hydrogen) atoms. The Kier molecular flexibility index (Phi) is 5.84. The van der Waals surface area contributed by atoms with Crippen LogP contribution in [0.4, 0.5) is 0 Å². The van der Waals surface area contributed by atoms with Crippen LogP contribution in [0.2, 0.25) is 18.1 Å². The van der Waals surface area contributed by atoms with Crippen LogP contribution in [0.1, 0.15) is 46.5 Å². The van der Waals surface area contributed by atoms with E-state index in [1.54, 1.807) is 0 Å². The average molecular weight is 273 g/mol. The third-order valence-electron chi connectivity index (χ3n) is 4.41. The lowest BCUT2D eigenvalue weighted by molar-refractivity contribution is 0.196. The molecule has 1 fully saturated rings. The zero-order valence-electron chi connectivity index (χ0n) is 12.8. The summed E-state index contributed by atoms with van der Waals surface area (Å²) >= 11 is 0. The number of unbranched alkanes of at least 4 members (excludes halogenated alkanes) is 1. The number of aliphatic hydroxyl groups is 1. The van der Waals surface area contributed by atoms with Crippen LogP contribution < -0.4 is 5.32 Å². The van der Waals surface area contributed by atoms with Crippen LogP contribution in [0.3, 0.4) is 0 Å². The molecular formula is C14H31NO2Si. The molecule has 108 valence electrons. The smallest absolute Gasteiger partial charge is 0.192 e. The van der Waals surface area contributed by atoms with E-state index in [4.69, 9.17) is 9.53 Å². The topological polar surface area (TPSA) is 41.5 Å². The Bertz CT molecular complexity index is 251. The first-order valence-electron chi connectivity index (χ1n) is 7.28. The predicted octanol–water partition coefficient (Wildman–Crippen LogP) is 2.90. The van der Waals surface area contributed by atoms with E-state index in [1.807, 2.05) is 0 Å². The molecule has 0 saturated carbocycles. The lowest BCUT2D eigenvalue weighted by Gasteiger charge is -2.38. The monoisotopic (exact) mass is 273 g/mol. The molecule has 2 N–H and O–H groups in total. The summed E-state index contributed by atoms with van der Waals surface area (Å²) in [6.45, 7) is 12.8. The van der Waals surface area contributed by atoms with Crippen molar-refractivity contribution in [3.05, 3.63) is 0 Å². The van der Waals surface area contributed by atoms with Crippen molar-refractivity contribution in [3.8, 4) is 0 Å². The molecule has 0 aromatic rings. The van der Waals surface area contributed by atoms with Crippen LogP contribution >= 0.6 is 0 Å². The number of hydrogen-bond donors (Lipinski definition) is 2. The molecule has 0 amide bonds. The Morgan fingerprint density at radius 1 is 1.28 bits per heavy atom. The van der Waals surface area contributed by atoms with Gasteiger partial charge in [0, 0.05) is 19.2 Å². The number of rotatable bonds is 6. The van der Waals surface area contributed by atoms with Gasteiger partial charge in [-0.25, -0.2) is 0 Å². The molecule has 1 saturated heterocycles. The molecule has 2 atom stereocenters. The van der Waals surface area contributed by atoms with Gasteiger partial charge in [0.1, 0.15) is 0 Å². The lowest BCUT2D eigenvalue weighted by Crippen LogP contribution is -2.44. The highest BCUT2D eigenvalue weighted by molar-refractivity contribution is 6.74. The van der Waals surface area contributed by atoms with Gasteiger partial charge in [-0.3, -0.25) is 0 Å². The second-order valence-electron chi connectivity index (χ2n) is 7.06. The summed E-state index contributed by atoms with van der Waals surface area (Å²) in [5.74, 6) is 0. The third-order valence-corrected chi connectivity index (χ3v) is 8.94. The fourth-order valence-corrected chi connectivity index (χ4v) is 3.55. The van der Waals surface area contributed by atoms with Crippen molar-refractivity contribution in [1.29, 1.82) is 0 Å². The quantitative estimate of drug-likeness (QED) is 0.577. The Balaban J connectivity index is 2.34. The normalized spacial score (nSPS) is 25.7. The van der Waals surface area contributed by atoms with Gasteiger partial charge in [0.15, 0.2) is 8.32 Å². The summed E-state index contributed by atoms with van der Waals surface area (Å²) in [4.78, 5) is 0. The molecule has 4 heteroatoms. The van der Waals surface area contributed by atoms with Crippen molar-refractivity contribution in [3.63, 3.8) is 0 Å². The largest absolute Gasteiger partial charge is 0.413 e. The first-order chi connectivity index (χ1) is 8.26. The van der Waals surface area contributed by atoms with Crippen LogP contribution in [0, 0.1) is 0 Å². The number of hydrogen-bond acceptors (Lipinski definition) is 3. The third kappa shape index (κ3) is 4.65. The SMILES string of the molecule is CC(C)(C)[Si](C)(C)O[C@H]1CN[C@H](CCCCO)C1. The summed E-state index contributed by atoms with van der Waals surface area (Å²) < 4.78 is 6.43. The molecule has 0 aromatic carbocycles. The van der Waals surface area contributed by atoms with Crippen molar-refractivity contribution in [2.75, 3.05) is 13.2 Å². The zero-order valence-corrected chi connectivity index (χ0v) is 13.8. The maximum Gasteiger partial charge on any atom is 0.192 e. The Hall–Kier alpha value is 0.0969. The predicted molar refractivity (Wildman–Crippen MR) is 79.4 cm³/mol. The summed E-state index contributed by atoms with van der Waals surface area (Å²) in [7, 11) is -1.62. The molecule has 1 heterocycles. The number of aliphatic hydroxyl groups excluding tert-OH is 1. The molecule has 0 aromatic heterocycles. The van der Waals surface area contributed by atoms with Crippen LogP contribution in [0.25, 0.3) is 0 Å². The summed E-state index contributed by atoms with van der Waals surface area (Å²) in [6, 6.07) is 0.589. The molecule has 1 rings (SSSR count). The molecule has 1 aliphatic heterocycles. The average Bonchev–Trinajstić information content (AvgIpc) is 2.63. The standard InChI is InChI=1S/C14H31NO2Si/c1-14(2,3)18(4,5)17-13-10-12(15-11-13)8-6-7-9-16/h12-13,15-16H,6-11H2,1-5H3/t12-,13-/m1/s1. The van der Waals surface area contributed by atoms with E-state index in [2.05, 4.69) is 39.2 Å². The lowest BCUT2D eigenvalue weighted by atomic mass is 10.1. The van der Waals surface area contributed by atoms with Gasteiger partial charge in [0.2, 0.25) is 0 Å². The molecule has 0 unspecified atom stereocenters. The minimum atomic E-state index is -1.62. The first-order valence-corrected chi connectivity index (χ1v) is 10.2. The highest BCUT2D eigenvalue weighted by Crippen LogP contribution is 2.38. The van der Waals surface area contributed by atoms with E-state index >= 15 is 0 Å². The van der Waals surface area contributed by atoms with Gasteiger partial charge in [-0.2, -0.15) is 0 Å². The van der Waals surface area contributed by atoms with E-state index < -0.39 is 8.32 Å². The van der Waals surface area contributed by atoms with Crippen LogP contribution in [-0.4, -0.2) is 38.7 Å². The van der Waals surface area contributed by atoms with Crippen molar-refractivity contribution < 1.29 is 9.53 Å². The van der Waals surface area contributed by atoms with E-state index in [1.165, 1.54) is 0 Å². The van der Waals surface area contributed by atoms with Gasteiger partial charge in [0.25, 0.3) is 0 Å². The highest BCUT2D eigenvalue weighted by Gasteiger charge is 2.40. The van der Waals surface area contributed by atoms with Gasteiger partial charge in [-0.05, 0) is 43.8 Å². The second kappa shape index (κ2) is 6.50.